The molecule has 0 amide bonds. The van der Waals surface area contributed by atoms with Crippen LogP contribution in [0.25, 0.3) is 0 Å². The second-order valence-corrected chi connectivity index (χ2v) is 7.90. The lowest BCUT2D eigenvalue weighted by Gasteiger charge is -2.39. The van der Waals surface area contributed by atoms with Crippen molar-refractivity contribution >= 4 is 5.96 Å². The third-order valence-corrected chi connectivity index (χ3v) is 5.95. The Balaban J connectivity index is 1.48. The van der Waals surface area contributed by atoms with Crippen molar-refractivity contribution in [3.63, 3.8) is 0 Å². The van der Waals surface area contributed by atoms with Crippen LogP contribution in [0.5, 0.6) is 0 Å². The number of hydrogen-bond donors (Lipinski definition) is 3. The second-order valence-electron chi connectivity index (χ2n) is 7.90. The molecular formula is C18H32N6O. The van der Waals surface area contributed by atoms with Gasteiger partial charge in [-0.05, 0) is 32.1 Å². The third kappa shape index (κ3) is 4.14. The van der Waals surface area contributed by atoms with Gasteiger partial charge in [0.1, 0.15) is 11.6 Å². The van der Waals surface area contributed by atoms with Crippen LogP contribution in [0.15, 0.2) is 4.99 Å². The van der Waals surface area contributed by atoms with E-state index in [9.17, 15) is 5.11 Å². The van der Waals surface area contributed by atoms with Gasteiger partial charge in [0.05, 0.1) is 6.10 Å². The summed E-state index contributed by atoms with van der Waals surface area (Å²) in [6, 6.07) is 0. The van der Waals surface area contributed by atoms with E-state index >= 15 is 0 Å². The molecule has 1 aliphatic heterocycles. The Labute approximate surface area is 150 Å². The summed E-state index contributed by atoms with van der Waals surface area (Å²) in [6.45, 7) is 6.80. The summed E-state index contributed by atoms with van der Waals surface area (Å²) in [6.07, 6.45) is 6.20. The highest BCUT2D eigenvalue weighted by Gasteiger charge is 2.35. The maximum atomic E-state index is 10.3. The van der Waals surface area contributed by atoms with Crippen LogP contribution in [-0.4, -0.2) is 52.1 Å². The number of aliphatic imine (C=N–C) groups is 1. The molecule has 0 bridgehead atoms. The summed E-state index contributed by atoms with van der Waals surface area (Å²) >= 11 is 0. The molecule has 2 heterocycles. The molecule has 0 aromatic carbocycles. The Kier molecular flexibility index (Phi) is 5.61. The molecule has 1 fully saturated rings. The average molecular weight is 348 g/mol. The van der Waals surface area contributed by atoms with Gasteiger partial charge in [-0.2, -0.15) is 0 Å². The quantitative estimate of drug-likeness (QED) is 0.563. The Morgan fingerprint density at radius 1 is 1.32 bits per heavy atom. The van der Waals surface area contributed by atoms with E-state index in [-0.39, 0.29) is 11.5 Å². The second kappa shape index (κ2) is 7.72. The summed E-state index contributed by atoms with van der Waals surface area (Å²) in [7, 11) is 1.80. The molecule has 2 aliphatic rings. The number of guanidine groups is 1. The van der Waals surface area contributed by atoms with E-state index in [1.54, 1.807) is 7.05 Å². The molecule has 25 heavy (non-hydrogen) atoms. The predicted octanol–water partition coefficient (Wildman–Crippen LogP) is 1.26. The molecular weight excluding hydrogens is 316 g/mol. The van der Waals surface area contributed by atoms with Crippen LogP contribution in [0.4, 0.5) is 0 Å². The van der Waals surface area contributed by atoms with Crippen LogP contribution in [0.2, 0.25) is 0 Å². The first-order valence-corrected chi connectivity index (χ1v) is 9.53. The summed E-state index contributed by atoms with van der Waals surface area (Å²) in [5, 5.41) is 25.6. The van der Waals surface area contributed by atoms with Gasteiger partial charge in [-0.3, -0.25) is 4.99 Å². The van der Waals surface area contributed by atoms with E-state index in [1.165, 1.54) is 6.42 Å². The number of aryl methyl sites for hydroxylation is 2. The van der Waals surface area contributed by atoms with E-state index in [4.69, 9.17) is 0 Å². The number of aliphatic hydroxyl groups excluding tert-OH is 1. The van der Waals surface area contributed by atoms with Gasteiger partial charge in [-0.1, -0.05) is 19.8 Å². The maximum Gasteiger partial charge on any atom is 0.191 e. The molecule has 0 radical (unpaired) electrons. The summed E-state index contributed by atoms with van der Waals surface area (Å²) in [5.41, 5.74) is -0.0603. The zero-order valence-corrected chi connectivity index (χ0v) is 15.8. The first-order chi connectivity index (χ1) is 12.0. The average Bonchev–Trinajstić information content (AvgIpc) is 2.99. The zero-order valence-electron chi connectivity index (χ0n) is 15.8. The van der Waals surface area contributed by atoms with Crippen molar-refractivity contribution in [3.8, 4) is 0 Å². The van der Waals surface area contributed by atoms with Crippen molar-refractivity contribution in [2.75, 3.05) is 20.1 Å². The topological polar surface area (TPSA) is 87.4 Å². The van der Waals surface area contributed by atoms with Crippen LogP contribution in [-0.2, 0) is 13.0 Å². The SMILES string of the molecule is CN=C(NCC1CCc2nnc(C)n2C1)NCC1(C)CCCCC1O. The minimum Gasteiger partial charge on any atom is -0.392 e. The van der Waals surface area contributed by atoms with E-state index in [1.807, 2.05) is 6.92 Å². The van der Waals surface area contributed by atoms with Crippen molar-refractivity contribution in [2.45, 2.75) is 65.0 Å². The first kappa shape index (κ1) is 18.2. The Hall–Kier alpha value is -1.63. The molecule has 1 aliphatic carbocycles. The van der Waals surface area contributed by atoms with Crippen molar-refractivity contribution in [2.24, 2.45) is 16.3 Å². The summed E-state index contributed by atoms with van der Waals surface area (Å²) < 4.78 is 2.23. The molecule has 7 heteroatoms. The summed E-state index contributed by atoms with van der Waals surface area (Å²) in [4.78, 5) is 4.35. The molecule has 3 atom stereocenters. The molecule has 140 valence electrons. The number of fused-ring (bicyclic) bond motifs is 1. The molecule has 1 aromatic heterocycles. The molecule has 0 saturated heterocycles. The Bertz CT molecular complexity index is 613. The van der Waals surface area contributed by atoms with Crippen molar-refractivity contribution in [1.29, 1.82) is 0 Å². The van der Waals surface area contributed by atoms with Crippen LogP contribution >= 0.6 is 0 Å². The number of aliphatic hydroxyl groups is 1. The van der Waals surface area contributed by atoms with Gasteiger partial charge < -0.3 is 20.3 Å². The predicted molar refractivity (Wildman–Crippen MR) is 98.5 cm³/mol. The highest BCUT2D eigenvalue weighted by molar-refractivity contribution is 5.79. The fraction of sp³-hybridized carbons (Fsp3) is 0.833. The number of aromatic nitrogens is 3. The maximum absolute atomic E-state index is 10.3. The smallest absolute Gasteiger partial charge is 0.191 e. The lowest BCUT2D eigenvalue weighted by molar-refractivity contribution is 0.00397. The standard InChI is InChI=1S/C18H32N6O/c1-13-22-23-16-8-7-14(11-24(13)16)10-20-17(19-3)21-12-18(2)9-5-4-6-15(18)25/h14-15,25H,4-12H2,1-3H3,(H2,19,20,21). The lowest BCUT2D eigenvalue weighted by Crippen LogP contribution is -2.49. The lowest BCUT2D eigenvalue weighted by atomic mass is 9.73. The van der Waals surface area contributed by atoms with Gasteiger partial charge in [0.2, 0.25) is 0 Å². The molecule has 1 saturated carbocycles. The highest BCUT2D eigenvalue weighted by Crippen LogP contribution is 2.35. The Morgan fingerprint density at radius 2 is 2.16 bits per heavy atom. The van der Waals surface area contributed by atoms with E-state index in [0.717, 1.165) is 69.3 Å². The van der Waals surface area contributed by atoms with Crippen molar-refractivity contribution < 1.29 is 5.11 Å². The van der Waals surface area contributed by atoms with E-state index in [0.29, 0.717) is 5.92 Å². The highest BCUT2D eigenvalue weighted by atomic mass is 16.3. The van der Waals surface area contributed by atoms with E-state index in [2.05, 4.69) is 37.3 Å². The molecule has 3 rings (SSSR count). The molecule has 3 unspecified atom stereocenters. The van der Waals surface area contributed by atoms with Crippen LogP contribution < -0.4 is 10.6 Å². The number of hydrogen-bond acceptors (Lipinski definition) is 4. The van der Waals surface area contributed by atoms with Crippen molar-refractivity contribution in [3.05, 3.63) is 11.6 Å². The number of rotatable bonds is 4. The fourth-order valence-corrected chi connectivity index (χ4v) is 4.03. The minimum atomic E-state index is -0.222. The van der Waals surface area contributed by atoms with E-state index < -0.39 is 0 Å². The summed E-state index contributed by atoms with van der Waals surface area (Å²) in [5.74, 6) is 3.48. The first-order valence-electron chi connectivity index (χ1n) is 9.53. The monoisotopic (exact) mass is 348 g/mol. The van der Waals surface area contributed by atoms with Gasteiger partial charge in [0.25, 0.3) is 0 Å². The third-order valence-electron chi connectivity index (χ3n) is 5.95. The molecule has 0 spiro atoms. The van der Waals surface area contributed by atoms with Crippen LogP contribution in [0, 0.1) is 18.3 Å². The molecule has 7 nitrogen and oxygen atoms in total. The largest absolute Gasteiger partial charge is 0.392 e. The van der Waals surface area contributed by atoms with Crippen LogP contribution in [0.1, 0.15) is 50.7 Å². The van der Waals surface area contributed by atoms with Gasteiger partial charge in [-0.15, -0.1) is 10.2 Å². The number of nitrogens with one attached hydrogen (secondary N) is 2. The minimum absolute atomic E-state index is 0.0603. The Morgan fingerprint density at radius 3 is 2.92 bits per heavy atom. The van der Waals surface area contributed by atoms with Gasteiger partial charge in [-0.25, -0.2) is 0 Å². The van der Waals surface area contributed by atoms with Crippen molar-refractivity contribution in [1.82, 2.24) is 25.4 Å². The number of nitrogens with zero attached hydrogens (tertiary/aromatic N) is 4. The zero-order chi connectivity index (χ0) is 17.9. The van der Waals surface area contributed by atoms with Gasteiger partial charge in [0, 0.05) is 38.5 Å². The molecule has 3 N–H and O–H groups in total. The van der Waals surface area contributed by atoms with Gasteiger partial charge in [0.15, 0.2) is 5.96 Å². The normalized spacial score (nSPS) is 30.0. The fourth-order valence-electron chi connectivity index (χ4n) is 4.03. The molecule has 1 aromatic rings. The van der Waals surface area contributed by atoms with Crippen LogP contribution in [0.3, 0.4) is 0 Å². The van der Waals surface area contributed by atoms with Gasteiger partial charge >= 0.3 is 0 Å².